The summed E-state index contributed by atoms with van der Waals surface area (Å²) < 4.78 is 22.4. The minimum Gasteiger partial charge on any atom is -0.487 e. The van der Waals surface area contributed by atoms with E-state index in [4.69, 9.17) is 18.6 Å². The van der Waals surface area contributed by atoms with Gasteiger partial charge >= 0.3 is 5.97 Å². The third-order valence-electron chi connectivity index (χ3n) is 5.98. The Morgan fingerprint density at radius 1 is 1.06 bits per heavy atom. The number of nitrogens with zero attached hydrogens (tertiary/aromatic N) is 1. The van der Waals surface area contributed by atoms with Crippen LogP contribution < -0.4 is 4.74 Å². The van der Waals surface area contributed by atoms with Gasteiger partial charge < -0.3 is 18.6 Å². The average molecular weight is 466 g/mol. The molecular formula is C28H35NO5. The molecule has 0 N–H and O–H groups in total. The Balaban J connectivity index is 1.72. The Morgan fingerprint density at radius 2 is 1.71 bits per heavy atom. The molecule has 0 fully saturated rings. The van der Waals surface area contributed by atoms with E-state index in [2.05, 4.69) is 31.0 Å². The number of methoxy groups -OCH3 is 1. The maximum absolute atomic E-state index is 12.1. The molecule has 0 amide bonds. The summed E-state index contributed by atoms with van der Waals surface area (Å²) >= 11 is 0. The molecule has 6 nitrogen and oxygen atoms in total. The van der Waals surface area contributed by atoms with E-state index in [0.717, 1.165) is 39.5 Å². The van der Waals surface area contributed by atoms with E-state index in [1.165, 1.54) is 12.7 Å². The SMILES string of the molecule is CCO[C@@H](Cc1c(C)cc(OCc2nc(-c3ccc(C(C)C)cc3)oc2C)cc1C)C(=O)OC. The molecule has 1 atom stereocenters. The van der Waals surface area contributed by atoms with Crippen molar-refractivity contribution < 1.29 is 23.4 Å². The van der Waals surface area contributed by atoms with Gasteiger partial charge in [0.05, 0.1) is 7.11 Å². The fraction of sp³-hybridized carbons (Fsp3) is 0.429. The summed E-state index contributed by atoms with van der Waals surface area (Å²) in [5.74, 6) is 2.20. The Bertz CT molecular complexity index is 1090. The van der Waals surface area contributed by atoms with Crippen molar-refractivity contribution in [3.8, 4) is 17.2 Å². The Morgan fingerprint density at radius 3 is 2.26 bits per heavy atom. The molecule has 6 heteroatoms. The van der Waals surface area contributed by atoms with Crippen molar-refractivity contribution in [3.05, 3.63) is 70.1 Å². The molecule has 0 saturated heterocycles. The predicted octanol–water partition coefficient (Wildman–Crippen LogP) is 6.09. The van der Waals surface area contributed by atoms with Gasteiger partial charge in [-0.3, -0.25) is 0 Å². The number of rotatable bonds is 10. The molecule has 0 bridgehead atoms. The van der Waals surface area contributed by atoms with E-state index < -0.39 is 6.10 Å². The highest BCUT2D eigenvalue weighted by Crippen LogP contribution is 2.27. The molecule has 34 heavy (non-hydrogen) atoms. The van der Waals surface area contributed by atoms with Crippen LogP contribution in [0.1, 0.15) is 60.4 Å². The summed E-state index contributed by atoms with van der Waals surface area (Å²) in [5, 5.41) is 0. The van der Waals surface area contributed by atoms with Crippen molar-refractivity contribution in [2.45, 2.75) is 66.6 Å². The Hall–Kier alpha value is -3.12. The van der Waals surface area contributed by atoms with Crippen molar-refractivity contribution in [3.63, 3.8) is 0 Å². The highest BCUT2D eigenvalue weighted by molar-refractivity contribution is 5.75. The molecule has 0 aliphatic carbocycles. The van der Waals surface area contributed by atoms with E-state index in [1.807, 2.05) is 52.0 Å². The topological polar surface area (TPSA) is 70.8 Å². The van der Waals surface area contributed by atoms with Crippen LogP contribution in [0, 0.1) is 20.8 Å². The van der Waals surface area contributed by atoms with Crippen molar-refractivity contribution in [1.29, 1.82) is 0 Å². The van der Waals surface area contributed by atoms with Crippen LogP contribution in [0.25, 0.3) is 11.5 Å². The fourth-order valence-corrected chi connectivity index (χ4v) is 3.94. The van der Waals surface area contributed by atoms with Crippen LogP contribution in [0.4, 0.5) is 0 Å². The van der Waals surface area contributed by atoms with Crippen LogP contribution >= 0.6 is 0 Å². The molecule has 1 aromatic heterocycles. The van der Waals surface area contributed by atoms with Crippen molar-refractivity contribution >= 4 is 5.97 Å². The maximum atomic E-state index is 12.1. The van der Waals surface area contributed by atoms with Crippen LogP contribution in [0.2, 0.25) is 0 Å². The number of hydrogen-bond donors (Lipinski definition) is 0. The number of aromatic nitrogens is 1. The predicted molar refractivity (Wildman–Crippen MR) is 132 cm³/mol. The zero-order chi connectivity index (χ0) is 24.8. The highest BCUT2D eigenvalue weighted by atomic mass is 16.6. The van der Waals surface area contributed by atoms with Gasteiger partial charge in [-0.2, -0.15) is 0 Å². The molecule has 3 rings (SSSR count). The summed E-state index contributed by atoms with van der Waals surface area (Å²) in [6.45, 7) is 12.9. The standard InChI is InChI=1S/C28H35NO5/c1-8-32-26(28(30)31-7)15-24-18(4)13-23(14-19(24)5)33-16-25-20(6)34-27(29-25)22-11-9-21(10-12-22)17(2)3/h9-14,17,26H,8,15-16H2,1-7H3/t26-/m0/s1. The van der Waals surface area contributed by atoms with Gasteiger partial charge in [0.25, 0.3) is 0 Å². The molecular weight excluding hydrogens is 430 g/mol. The van der Waals surface area contributed by atoms with Crippen molar-refractivity contribution in [1.82, 2.24) is 4.98 Å². The molecule has 0 aliphatic rings. The minimum absolute atomic E-state index is 0.307. The first-order chi connectivity index (χ1) is 16.2. The van der Waals surface area contributed by atoms with Crippen LogP contribution in [-0.2, 0) is 27.3 Å². The average Bonchev–Trinajstić information content (AvgIpc) is 3.19. The zero-order valence-corrected chi connectivity index (χ0v) is 21.2. The lowest BCUT2D eigenvalue weighted by Crippen LogP contribution is -2.28. The van der Waals surface area contributed by atoms with Gasteiger partial charge in [0, 0.05) is 18.6 Å². The van der Waals surface area contributed by atoms with E-state index in [9.17, 15) is 4.79 Å². The summed E-state index contributed by atoms with van der Waals surface area (Å²) in [5.41, 5.74) is 6.12. The number of carbonyl (C=O) groups is 1. The van der Waals surface area contributed by atoms with Gasteiger partial charge in [0.1, 0.15) is 23.8 Å². The highest BCUT2D eigenvalue weighted by Gasteiger charge is 2.22. The van der Waals surface area contributed by atoms with Crippen LogP contribution in [0.3, 0.4) is 0 Å². The maximum Gasteiger partial charge on any atom is 0.335 e. The largest absolute Gasteiger partial charge is 0.487 e. The van der Waals surface area contributed by atoms with Crippen LogP contribution in [-0.4, -0.2) is 30.8 Å². The summed E-state index contributed by atoms with van der Waals surface area (Å²) in [6.07, 6.45) is -0.162. The molecule has 2 aromatic carbocycles. The quantitative estimate of drug-likeness (QED) is 0.338. The first kappa shape index (κ1) is 25.5. The number of aryl methyl sites for hydroxylation is 3. The second-order valence-electron chi connectivity index (χ2n) is 8.79. The zero-order valence-electron chi connectivity index (χ0n) is 21.2. The number of ether oxygens (including phenoxy) is 3. The smallest absolute Gasteiger partial charge is 0.335 e. The van der Waals surface area contributed by atoms with E-state index in [1.54, 1.807) is 0 Å². The Labute approximate surface area is 202 Å². The van der Waals surface area contributed by atoms with Gasteiger partial charge in [-0.15, -0.1) is 0 Å². The van der Waals surface area contributed by atoms with E-state index >= 15 is 0 Å². The number of oxazole rings is 1. The van der Waals surface area contributed by atoms with Crippen LogP contribution in [0.5, 0.6) is 5.75 Å². The number of carbonyl (C=O) groups excluding carboxylic acids is 1. The summed E-state index contributed by atoms with van der Waals surface area (Å²) in [7, 11) is 1.38. The summed E-state index contributed by atoms with van der Waals surface area (Å²) in [4.78, 5) is 16.7. The molecule has 1 heterocycles. The lowest BCUT2D eigenvalue weighted by Gasteiger charge is -2.18. The molecule has 0 aliphatic heterocycles. The summed E-state index contributed by atoms with van der Waals surface area (Å²) in [6, 6.07) is 12.3. The molecule has 0 saturated carbocycles. The lowest BCUT2D eigenvalue weighted by atomic mass is 9.97. The molecule has 182 valence electrons. The van der Waals surface area contributed by atoms with Gasteiger partial charge in [0.15, 0.2) is 6.10 Å². The van der Waals surface area contributed by atoms with Crippen molar-refractivity contribution in [2.75, 3.05) is 13.7 Å². The second-order valence-corrected chi connectivity index (χ2v) is 8.79. The number of hydrogen-bond acceptors (Lipinski definition) is 6. The van der Waals surface area contributed by atoms with Crippen LogP contribution in [0.15, 0.2) is 40.8 Å². The third-order valence-corrected chi connectivity index (χ3v) is 5.98. The second kappa shape index (κ2) is 11.3. The molecule has 0 radical (unpaired) electrons. The lowest BCUT2D eigenvalue weighted by molar-refractivity contribution is -0.153. The molecule has 0 spiro atoms. The third kappa shape index (κ3) is 6.06. The van der Waals surface area contributed by atoms with E-state index in [-0.39, 0.29) is 5.97 Å². The fourth-order valence-electron chi connectivity index (χ4n) is 3.94. The number of esters is 1. The van der Waals surface area contributed by atoms with Gasteiger partial charge in [-0.1, -0.05) is 26.0 Å². The Kier molecular flexibility index (Phi) is 8.51. The normalized spacial score (nSPS) is 12.1. The first-order valence-electron chi connectivity index (χ1n) is 11.7. The van der Waals surface area contributed by atoms with Gasteiger partial charge in [0.2, 0.25) is 5.89 Å². The van der Waals surface area contributed by atoms with Gasteiger partial charge in [-0.25, -0.2) is 9.78 Å². The monoisotopic (exact) mass is 465 g/mol. The number of benzene rings is 2. The first-order valence-corrected chi connectivity index (χ1v) is 11.7. The molecule has 3 aromatic rings. The molecule has 0 unspecified atom stereocenters. The van der Waals surface area contributed by atoms with Crippen molar-refractivity contribution in [2.24, 2.45) is 0 Å². The minimum atomic E-state index is -0.620. The van der Waals surface area contributed by atoms with Gasteiger partial charge in [-0.05, 0) is 80.1 Å². The van der Waals surface area contributed by atoms with E-state index in [0.29, 0.717) is 31.4 Å².